The first kappa shape index (κ1) is 38.8. The van der Waals surface area contributed by atoms with Gasteiger partial charge in [-0.3, -0.25) is 0 Å². The van der Waals surface area contributed by atoms with Crippen LogP contribution in [-0.4, -0.2) is 10.6 Å². The number of rotatable bonds is 7. The molecular formula is C63H51N3. The molecule has 66 heavy (non-hydrogen) atoms. The van der Waals surface area contributed by atoms with E-state index in [1.54, 1.807) is 0 Å². The topological polar surface area (TPSA) is 11.4 Å². The Morgan fingerprint density at radius 3 is 2.02 bits per heavy atom. The van der Waals surface area contributed by atoms with Crippen LogP contribution in [0.1, 0.15) is 67.7 Å². The van der Waals surface area contributed by atoms with Crippen molar-refractivity contribution in [2.45, 2.75) is 56.9 Å². The molecule has 0 radical (unpaired) electrons. The van der Waals surface area contributed by atoms with Crippen LogP contribution in [-0.2, 0) is 5.41 Å². The molecule has 1 aromatic heterocycles. The summed E-state index contributed by atoms with van der Waals surface area (Å²) >= 11 is 0. The predicted molar refractivity (Wildman–Crippen MR) is 278 cm³/mol. The Labute approximate surface area is 388 Å². The molecule has 2 atom stereocenters. The van der Waals surface area contributed by atoms with Crippen molar-refractivity contribution in [2.24, 2.45) is 0 Å². The molecule has 5 aliphatic rings. The third-order valence-corrected chi connectivity index (χ3v) is 14.9. The average Bonchev–Trinajstić information content (AvgIpc) is 3.96. The van der Waals surface area contributed by atoms with Crippen LogP contribution in [0.2, 0.25) is 0 Å². The molecule has 0 amide bonds. The summed E-state index contributed by atoms with van der Waals surface area (Å²) < 4.78 is 2.45. The van der Waals surface area contributed by atoms with Crippen LogP contribution < -0.4 is 9.80 Å². The van der Waals surface area contributed by atoms with Crippen LogP contribution in [0.3, 0.4) is 0 Å². The maximum atomic E-state index is 2.61. The second-order valence-electron chi connectivity index (χ2n) is 19.1. The molecule has 1 aliphatic heterocycles. The lowest BCUT2D eigenvalue weighted by Gasteiger charge is -2.31. The first-order valence-corrected chi connectivity index (χ1v) is 23.8. The highest BCUT2D eigenvalue weighted by Crippen LogP contribution is 2.54. The van der Waals surface area contributed by atoms with E-state index in [2.05, 4.69) is 241 Å². The fourth-order valence-corrected chi connectivity index (χ4v) is 11.8. The van der Waals surface area contributed by atoms with E-state index in [9.17, 15) is 0 Å². The number of hydrogen-bond acceptors (Lipinski definition) is 2. The summed E-state index contributed by atoms with van der Waals surface area (Å²) in [7, 11) is 0. The summed E-state index contributed by atoms with van der Waals surface area (Å²) in [5.41, 5.74) is 21.7. The first-order valence-electron chi connectivity index (χ1n) is 23.8. The van der Waals surface area contributed by atoms with Crippen LogP contribution >= 0.6 is 0 Å². The standard InChI is InChI=1S/C63H51N3/c1-63(2)57-24-14-12-22-51(57)52-36-35-50(39-58(52)63)64(48-31-26-43(27-32-48)42-16-6-3-7-17-42)49-33-28-44(29-34-49)45-30-37-60-54(38-45)56-41-61-55(40-62(56)66(60)47-20-10-5-11-21-47)53-23-13-15-25-59(53)65(61)46-18-8-4-9-19-46/h3-4,6-10,13,15-41,54,60H,5,11-12,14H2,1-2H3. The number of benzene rings is 7. The third kappa shape index (κ3) is 6.10. The van der Waals surface area contributed by atoms with Gasteiger partial charge in [0, 0.05) is 56.2 Å². The zero-order chi connectivity index (χ0) is 43.9. The number of nitrogens with zero attached hydrogens (tertiary/aromatic N) is 3. The summed E-state index contributed by atoms with van der Waals surface area (Å²) in [6, 6.07) is 61.1. The highest BCUT2D eigenvalue weighted by atomic mass is 15.2. The van der Waals surface area contributed by atoms with Gasteiger partial charge in [0.15, 0.2) is 0 Å². The molecule has 0 bridgehead atoms. The first-order chi connectivity index (χ1) is 32.5. The number of allylic oxidation sites excluding steroid dienone is 9. The highest BCUT2D eigenvalue weighted by molar-refractivity contribution is 6.11. The summed E-state index contributed by atoms with van der Waals surface area (Å²) in [5.74, 6) is 0.186. The average molecular weight is 850 g/mol. The molecule has 3 nitrogen and oxygen atoms in total. The van der Waals surface area contributed by atoms with E-state index in [4.69, 9.17) is 0 Å². The van der Waals surface area contributed by atoms with Gasteiger partial charge >= 0.3 is 0 Å². The van der Waals surface area contributed by atoms with Gasteiger partial charge < -0.3 is 14.4 Å². The molecule has 0 N–H and O–H groups in total. The van der Waals surface area contributed by atoms with Gasteiger partial charge in [0.05, 0.1) is 17.1 Å². The molecule has 13 rings (SSSR count). The van der Waals surface area contributed by atoms with Gasteiger partial charge in [0.2, 0.25) is 0 Å². The summed E-state index contributed by atoms with van der Waals surface area (Å²) in [6.45, 7) is 4.79. The maximum absolute atomic E-state index is 2.61. The second-order valence-corrected chi connectivity index (χ2v) is 19.1. The minimum Gasteiger partial charge on any atom is -0.334 e. The fraction of sp³-hybridized carbons (Fsp3) is 0.143. The Kier molecular flexibility index (Phi) is 8.96. The van der Waals surface area contributed by atoms with E-state index >= 15 is 0 Å². The quantitative estimate of drug-likeness (QED) is 0.158. The molecule has 2 unspecified atom stereocenters. The van der Waals surface area contributed by atoms with Crippen molar-refractivity contribution in [2.75, 3.05) is 9.80 Å². The minimum absolute atomic E-state index is 0.0515. The molecule has 4 aliphatic carbocycles. The van der Waals surface area contributed by atoms with Gasteiger partial charge in [-0.15, -0.1) is 0 Å². The molecule has 318 valence electrons. The Bertz CT molecular complexity index is 3430. The van der Waals surface area contributed by atoms with Crippen molar-refractivity contribution in [3.05, 3.63) is 246 Å². The maximum Gasteiger partial charge on any atom is 0.0629 e. The number of hydrogen-bond donors (Lipinski definition) is 0. The van der Waals surface area contributed by atoms with Crippen molar-refractivity contribution in [1.82, 2.24) is 4.57 Å². The van der Waals surface area contributed by atoms with Crippen molar-refractivity contribution >= 4 is 55.7 Å². The van der Waals surface area contributed by atoms with Gasteiger partial charge in [0.25, 0.3) is 0 Å². The van der Waals surface area contributed by atoms with E-state index in [-0.39, 0.29) is 17.4 Å². The summed E-state index contributed by atoms with van der Waals surface area (Å²) in [5, 5.41) is 2.58. The largest absolute Gasteiger partial charge is 0.334 e. The summed E-state index contributed by atoms with van der Waals surface area (Å²) in [4.78, 5) is 5.05. The summed E-state index contributed by atoms with van der Waals surface area (Å²) in [6.07, 6.45) is 23.8. The lowest BCUT2D eigenvalue weighted by atomic mass is 9.80. The second kappa shape index (κ2) is 15.2. The lowest BCUT2D eigenvalue weighted by Crippen LogP contribution is -2.32. The molecule has 0 spiro atoms. The van der Waals surface area contributed by atoms with E-state index in [1.807, 2.05) is 0 Å². The van der Waals surface area contributed by atoms with Crippen LogP contribution in [0.15, 0.2) is 224 Å². The molecule has 7 aromatic carbocycles. The van der Waals surface area contributed by atoms with Crippen LogP contribution in [0, 0.1) is 0 Å². The Hall–Kier alpha value is -7.62. The van der Waals surface area contributed by atoms with Gasteiger partial charge in [-0.05, 0) is 149 Å². The number of aromatic nitrogens is 1. The van der Waals surface area contributed by atoms with Crippen LogP contribution in [0.25, 0.3) is 49.8 Å². The van der Waals surface area contributed by atoms with E-state index in [1.165, 1.54) is 94.7 Å². The Morgan fingerprint density at radius 2 is 1.24 bits per heavy atom. The molecule has 0 fully saturated rings. The number of fused-ring (bicyclic) bond motifs is 9. The van der Waals surface area contributed by atoms with Gasteiger partial charge in [-0.2, -0.15) is 0 Å². The minimum atomic E-state index is -0.0515. The fourth-order valence-electron chi connectivity index (χ4n) is 11.8. The third-order valence-electron chi connectivity index (χ3n) is 14.9. The van der Waals surface area contributed by atoms with Crippen LogP contribution in [0.4, 0.5) is 22.7 Å². The zero-order valence-corrected chi connectivity index (χ0v) is 37.5. The van der Waals surface area contributed by atoms with E-state index in [0.29, 0.717) is 0 Å². The Morgan fingerprint density at radius 1 is 0.561 bits per heavy atom. The lowest BCUT2D eigenvalue weighted by molar-refractivity contribution is 0.654. The van der Waals surface area contributed by atoms with Crippen molar-refractivity contribution in [1.29, 1.82) is 0 Å². The van der Waals surface area contributed by atoms with Gasteiger partial charge in [0.1, 0.15) is 0 Å². The van der Waals surface area contributed by atoms with Crippen LogP contribution in [0.5, 0.6) is 0 Å². The monoisotopic (exact) mass is 849 g/mol. The van der Waals surface area contributed by atoms with Gasteiger partial charge in [-0.1, -0.05) is 153 Å². The van der Waals surface area contributed by atoms with E-state index < -0.39 is 0 Å². The molecule has 0 saturated carbocycles. The smallest absolute Gasteiger partial charge is 0.0629 e. The zero-order valence-electron chi connectivity index (χ0n) is 37.5. The van der Waals surface area contributed by atoms with Gasteiger partial charge in [-0.25, -0.2) is 0 Å². The molecule has 3 heteroatoms. The SMILES string of the molecule is CC1(C)C2=CCCC=C2c2ccc(N(c3ccc(C4=CC5c6cc7c(cc6N(C6=CCCC=C6)C5C=C4)c4ccccc4n7-c4ccccc4)cc3)c3ccc(-c4ccccc4)cc3)cc21. The number of anilines is 4. The highest BCUT2D eigenvalue weighted by Gasteiger charge is 2.41. The molecule has 2 heterocycles. The normalized spacial score (nSPS) is 18.8. The molecular weight excluding hydrogens is 799 g/mol. The van der Waals surface area contributed by atoms with Crippen molar-refractivity contribution in [3.8, 4) is 16.8 Å². The van der Waals surface area contributed by atoms with Crippen molar-refractivity contribution < 1.29 is 0 Å². The molecule has 0 saturated heterocycles. The van der Waals surface area contributed by atoms with E-state index in [0.717, 1.165) is 37.1 Å². The molecule has 8 aromatic rings. The predicted octanol–water partition coefficient (Wildman–Crippen LogP) is 16.5. The number of para-hydroxylation sites is 2. The van der Waals surface area contributed by atoms with Crippen molar-refractivity contribution in [3.63, 3.8) is 0 Å². The Balaban J connectivity index is 0.908.